The molecule has 1 saturated heterocycles. The first kappa shape index (κ1) is 17.4. The van der Waals surface area contributed by atoms with Crippen LogP contribution in [0, 0.1) is 0 Å². The van der Waals surface area contributed by atoms with Gasteiger partial charge >= 0.3 is 0 Å². The summed E-state index contributed by atoms with van der Waals surface area (Å²) in [5.74, 6) is 0.853. The predicted molar refractivity (Wildman–Crippen MR) is 116 cm³/mol. The second-order valence-electron chi connectivity index (χ2n) is 6.33. The topological polar surface area (TPSA) is 19.0 Å². The van der Waals surface area contributed by atoms with E-state index >= 15 is 0 Å². The van der Waals surface area contributed by atoms with Crippen LogP contribution >= 0.6 is 12.2 Å². The highest BCUT2D eigenvalue weighted by Crippen LogP contribution is 2.28. The fourth-order valence-corrected chi connectivity index (χ4v) is 3.54. The van der Waals surface area contributed by atoms with Gasteiger partial charge in [0, 0.05) is 17.1 Å². The molecule has 1 aliphatic heterocycles. The van der Waals surface area contributed by atoms with Gasteiger partial charge in [0.25, 0.3) is 0 Å². The van der Waals surface area contributed by atoms with Gasteiger partial charge in [-0.3, -0.25) is 0 Å². The molecular weight excluding hydrogens is 354 g/mol. The van der Waals surface area contributed by atoms with E-state index in [9.17, 15) is 0 Å². The van der Waals surface area contributed by atoms with E-state index in [1.165, 1.54) is 0 Å². The maximum Gasteiger partial charge on any atom is 0.183 e. The van der Waals surface area contributed by atoms with Crippen molar-refractivity contribution in [3.05, 3.63) is 84.9 Å². The first-order valence-corrected chi connectivity index (χ1v) is 9.25. The molecule has 4 nitrogen and oxygen atoms in total. The van der Waals surface area contributed by atoms with Gasteiger partial charge in [-0.05, 0) is 60.7 Å². The molecule has 4 rings (SSSR count). The Morgan fingerprint density at radius 3 is 1.59 bits per heavy atom. The molecule has 0 amide bonds. The van der Waals surface area contributed by atoms with Gasteiger partial charge in [-0.1, -0.05) is 36.4 Å². The van der Waals surface area contributed by atoms with Crippen molar-refractivity contribution in [2.24, 2.45) is 0 Å². The Morgan fingerprint density at radius 1 is 0.667 bits per heavy atom. The Balaban J connectivity index is 1.70. The molecule has 1 aliphatic rings. The molecule has 0 saturated carbocycles. The number of rotatable bonds is 4. The third kappa shape index (κ3) is 3.59. The van der Waals surface area contributed by atoms with Crippen LogP contribution in [0.5, 0.6) is 5.75 Å². The molecule has 5 heteroatoms. The molecule has 0 aliphatic carbocycles. The highest BCUT2D eigenvalue weighted by atomic mass is 32.1. The van der Waals surface area contributed by atoms with Crippen molar-refractivity contribution in [3.8, 4) is 5.75 Å². The summed E-state index contributed by atoms with van der Waals surface area (Å²) in [4.78, 5) is 6.63. The SMILES string of the molecule is COc1ccc(N2CN(c3ccccc3)C(=S)N(c3ccccc3)C2)cc1. The summed E-state index contributed by atoms with van der Waals surface area (Å²) < 4.78 is 5.29. The summed E-state index contributed by atoms with van der Waals surface area (Å²) in [5.41, 5.74) is 3.29. The molecule has 0 spiro atoms. The zero-order valence-corrected chi connectivity index (χ0v) is 16.0. The number of ether oxygens (including phenoxy) is 1. The van der Waals surface area contributed by atoms with Crippen molar-refractivity contribution in [1.29, 1.82) is 0 Å². The lowest BCUT2D eigenvalue weighted by molar-refractivity contribution is 0.415. The van der Waals surface area contributed by atoms with E-state index < -0.39 is 0 Å². The lowest BCUT2D eigenvalue weighted by Gasteiger charge is -2.45. The van der Waals surface area contributed by atoms with Crippen molar-refractivity contribution in [2.75, 3.05) is 35.1 Å². The predicted octanol–water partition coefficient (Wildman–Crippen LogP) is 4.73. The molecule has 1 heterocycles. The van der Waals surface area contributed by atoms with Crippen LogP contribution in [-0.2, 0) is 0 Å². The number of nitrogens with zero attached hydrogens (tertiary/aromatic N) is 3. The van der Waals surface area contributed by atoms with Crippen molar-refractivity contribution in [1.82, 2.24) is 0 Å². The van der Waals surface area contributed by atoms with E-state index in [1.807, 2.05) is 48.5 Å². The van der Waals surface area contributed by atoms with E-state index in [0.29, 0.717) is 13.3 Å². The maximum absolute atomic E-state index is 5.86. The fourth-order valence-electron chi connectivity index (χ4n) is 3.21. The van der Waals surface area contributed by atoms with E-state index in [4.69, 9.17) is 17.0 Å². The van der Waals surface area contributed by atoms with Crippen molar-refractivity contribution >= 4 is 34.4 Å². The second kappa shape index (κ2) is 7.68. The number of hydrogen-bond acceptors (Lipinski definition) is 3. The molecule has 0 N–H and O–H groups in total. The Labute approximate surface area is 165 Å². The molecule has 1 fully saturated rings. The van der Waals surface area contributed by atoms with Crippen LogP contribution in [-0.4, -0.2) is 25.6 Å². The van der Waals surface area contributed by atoms with Gasteiger partial charge < -0.3 is 19.4 Å². The van der Waals surface area contributed by atoms with Crippen LogP contribution in [0.25, 0.3) is 0 Å². The monoisotopic (exact) mass is 375 g/mol. The number of benzene rings is 3. The van der Waals surface area contributed by atoms with E-state index in [-0.39, 0.29) is 0 Å². The van der Waals surface area contributed by atoms with Gasteiger partial charge in [0.1, 0.15) is 5.75 Å². The standard InChI is InChI=1S/C22H21N3OS/c1-26-21-14-12-18(13-15-21)23-16-24(19-8-4-2-5-9-19)22(27)25(17-23)20-10-6-3-7-11-20/h2-15H,16-17H2,1H3. The van der Waals surface area contributed by atoms with Crippen LogP contribution in [0.4, 0.5) is 17.1 Å². The molecule has 0 bridgehead atoms. The molecule has 0 aromatic heterocycles. The van der Waals surface area contributed by atoms with Crippen LogP contribution in [0.1, 0.15) is 0 Å². The van der Waals surface area contributed by atoms with E-state index in [0.717, 1.165) is 27.9 Å². The molecule has 0 atom stereocenters. The Kier molecular flexibility index (Phi) is 4.94. The Morgan fingerprint density at radius 2 is 1.15 bits per heavy atom. The van der Waals surface area contributed by atoms with Crippen molar-refractivity contribution in [2.45, 2.75) is 0 Å². The quantitative estimate of drug-likeness (QED) is 0.612. The molecule has 3 aromatic carbocycles. The minimum atomic E-state index is 0.693. The summed E-state index contributed by atoms with van der Waals surface area (Å²) in [6.45, 7) is 1.39. The molecule has 0 radical (unpaired) electrons. The maximum atomic E-state index is 5.86. The number of anilines is 3. The highest BCUT2D eigenvalue weighted by molar-refractivity contribution is 7.80. The largest absolute Gasteiger partial charge is 0.497 e. The molecule has 136 valence electrons. The van der Waals surface area contributed by atoms with E-state index in [1.54, 1.807) is 7.11 Å². The molecule has 27 heavy (non-hydrogen) atoms. The van der Waals surface area contributed by atoms with Crippen LogP contribution in [0.15, 0.2) is 84.9 Å². The van der Waals surface area contributed by atoms with Crippen LogP contribution in [0.3, 0.4) is 0 Å². The van der Waals surface area contributed by atoms with Crippen LogP contribution < -0.4 is 19.4 Å². The fraction of sp³-hybridized carbons (Fsp3) is 0.136. The van der Waals surface area contributed by atoms with Gasteiger partial charge in [0.15, 0.2) is 5.11 Å². The van der Waals surface area contributed by atoms with Gasteiger partial charge in [0.2, 0.25) is 0 Å². The minimum Gasteiger partial charge on any atom is -0.497 e. The zero-order chi connectivity index (χ0) is 18.6. The van der Waals surface area contributed by atoms with Crippen molar-refractivity contribution in [3.63, 3.8) is 0 Å². The van der Waals surface area contributed by atoms with Gasteiger partial charge in [0.05, 0.1) is 20.4 Å². The normalized spacial score (nSPS) is 14.4. The van der Waals surface area contributed by atoms with Gasteiger partial charge in [-0.15, -0.1) is 0 Å². The number of thiocarbonyl (C=S) groups is 1. The third-order valence-electron chi connectivity index (χ3n) is 4.66. The van der Waals surface area contributed by atoms with Crippen molar-refractivity contribution < 1.29 is 4.74 Å². The average Bonchev–Trinajstić information content (AvgIpc) is 2.75. The summed E-state index contributed by atoms with van der Waals surface area (Å²) in [5, 5.41) is 0.803. The van der Waals surface area contributed by atoms with Crippen LogP contribution in [0.2, 0.25) is 0 Å². The first-order valence-electron chi connectivity index (χ1n) is 8.84. The lowest BCUT2D eigenvalue weighted by Crippen LogP contribution is -2.58. The average molecular weight is 375 g/mol. The summed E-state index contributed by atoms with van der Waals surface area (Å²) in [7, 11) is 1.68. The van der Waals surface area contributed by atoms with E-state index in [2.05, 4.69) is 51.1 Å². The Bertz CT molecular complexity index is 848. The lowest BCUT2D eigenvalue weighted by atomic mass is 10.2. The first-order chi connectivity index (χ1) is 13.3. The zero-order valence-electron chi connectivity index (χ0n) is 15.2. The summed E-state index contributed by atoms with van der Waals surface area (Å²) in [6.07, 6.45) is 0. The summed E-state index contributed by atoms with van der Waals surface area (Å²) >= 11 is 5.86. The van der Waals surface area contributed by atoms with Gasteiger partial charge in [-0.2, -0.15) is 0 Å². The molecule has 3 aromatic rings. The number of methoxy groups -OCH3 is 1. The smallest absolute Gasteiger partial charge is 0.183 e. The second-order valence-corrected chi connectivity index (χ2v) is 6.70. The number of hydrogen-bond donors (Lipinski definition) is 0. The Hall–Kier alpha value is -3.05. The summed E-state index contributed by atoms with van der Waals surface area (Å²) in [6, 6.07) is 28.7. The molecular formula is C22H21N3OS. The number of para-hydroxylation sites is 2. The third-order valence-corrected chi connectivity index (χ3v) is 5.10. The van der Waals surface area contributed by atoms with Gasteiger partial charge in [-0.25, -0.2) is 0 Å². The minimum absolute atomic E-state index is 0.693. The highest BCUT2D eigenvalue weighted by Gasteiger charge is 2.29. The molecule has 0 unspecified atom stereocenters.